The van der Waals surface area contributed by atoms with Crippen LogP contribution < -0.4 is 10.2 Å². The molecule has 2 aromatic rings. The molecule has 2 N–H and O–H groups in total. The predicted molar refractivity (Wildman–Crippen MR) is 96.4 cm³/mol. The number of thiazole rings is 1. The molecule has 1 amide bonds. The summed E-state index contributed by atoms with van der Waals surface area (Å²) in [6, 6.07) is 2.81. The monoisotopic (exact) mass is 350 g/mol. The number of aromatic nitrogens is 1. The van der Waals surface area contributed by atoms with E-state index >= 15 is 0 Å². The molecule has 0 spiro atoms. The van der Waals surface area contributed by atoms with Gasteiger partial charge in [0, 0.05) is 29.3 Å². The van der Waals surface area contributed by atoms with Crippen molar-refractivity contribution in [2.24, 2.45) is 0 Å². The second-order valence-corrected chi connectivity index (χ2v) is 7.85. The van der Waals surface area contributed by atoms with Crippen LogP contribution in [0, 0.1) is 0 Å². The van der Waals surface area contributed by atoms with E-state index < -0.39 is 0 Å². The van der Waals surface area contributed by atoms with E-state index in [1.807, 2.05) is 16.8 Å². The fourth-order valence-corrected chi connectivity index (χ4v) is 4.64. The molecule has 23 heavy (non-hydrogen) atoms. The van der Waals surface area contributed by atoms with Crippen LogP contribution in [0.15, 0.2) is 22.2 Å². The zero-order chi connectivity index (χ0) is 16.1. The molecule has 0 saturated carbocycles. The van der Waals surface area contributed by atoms with Crippen molar-refractivity contribution in [3.63, 3.8) is 0 Å². The normalized spacial score (nSPS) is 21.3. The third-order valence-electron chi connectivity index (χ3n) is 4.55. The van der Waals surface area contributed by atoms with Gasteiger partial charge in [0.15, 0.2) is 0 Å². The summed E-state index contributed by atoms with van der Waals surface area (Å²) in [7, 11) is 0. The third-order valence-corrected chi connectivity index (χ3v) is 6.12. The van der Waals surface area contributed by atoms with Crippen molar-refractivity contribution < 1.29 is 9.69 Å². The van der Waals surface area contributed by atoms with Crippen molar-refractivity contribution in [3.05, 3.63) is 27.9 Å². The molecule has 0 aromatic carbocycles. The molecule has 1 aliphatic heterocycles. The number of amides is 1. The average molecular weight is 351 g/mol. The van der Waals surface area contributed by atoms with Gasteiger partial charge in [0.1, 0.15) is 10.7 Å². The van der Waals surface area contributed by atoms with Crippen molar-refractivity contribution in [1.29, 1.82) is 0 Å². The van der Waals surface area contributed by atoms with Crippen molar-refractivity contribution in [1.82, 2.24) is 10.3 Å². The van der Waals surface area contributed by atoms with E-state index in [0.29, 0.717) is 5.69 Å². The first-order chi connectivity index (χ1) is 11.2. The van der Waals surface area contributed by atoms with Crippen LogP contribution in [0.5, 0.6) is 0 Å². The predicted octanol–water partition coefficient (Wildman–Crippen LogP) is 2.45. The number of nitrogens with one attached hydrogen (secondary N) is 2. The Morgan fingerprint density at radius 1 is 1.43 bits per heavy atom. The van der Waals surface area contributed by atoms with Gasteiger partial charge in [-0.1, -0.05) is 0 Å². The average Bonchev–Trinajstić information content (AvgIpc) is 3.23. The summed E-state index contributed by atoms with van der Waals surface area (Å²) in [5, 5.41) is 9.86. The molecule has 3 rings (SSSR count). The number of hydrogen-bond acceptors (Lipinski definition) is 4. The smallest absolute Gasteiger partial charge is 0.270 e. The highest BCUT2D eigenvalue weighted by atomic mass is 32.1. The Labute approximate surface area is 145 Å². The van der Waals surface area contributed by atoms with E-state index in [1.54, 1.807) is 16.2 Å². The van der Waals surface area contributed by atoms with Gasteiger partial charge in [-0.05, 0) is 37.6 Å². The molecule has 124 valence electrons. The number of piperidine rings is 1. The number of carbonyl (C=O) groups is 1. The van der Waals surface area contributed by atoms with E-state index in [1.165, 1.54) is 37.1 Å². The van der Waals surface area contributed by atoms with Gasteiger partial charge in [-0.2, -0.15) is 11.3 Å². The maximum Gasteiger partial charge on any atom is 0.270 e. The standard InChI is InChI=1S/C17H23N3OS2/c1-13-5-2-3-8-20(13)9-4-7-18-16(21)15-12-23-17(19-15)14-6-10-22-11-14/h6,10-13H,2-5,7-9H2,1H3,(H,18,21)/p+1/t13-/m0/s1. The van der Waals surface area contributed by atoms with E-state index in [9.17, 15) is 4.79 Å². The van der Waals surface area contributed by atoms with Crippen molar-refractivity contribution in [2.45, 2.75) is 38.6 Å². The number of quaternary nitrogens is 1. The largest absolute Gasteiger partial charge is 0.350 e. The third kappa shape index (κ3) is 4.40. The molecule has 2 aromatic heterocycles. The van der Waals surface area contributed by atoms with Gasteiger partial charge in [-0.15, -0.1) is 11.3 Å². The number of carbonyl (C=O) groups excluding carboxylic acids is 1. The number of rotatable bonds is 6. The van der Waals surface area contributed by atoms with Crippen LogP contribution in [0.2, 0.25) is 0 Å². The second kappa shape index (κ2) is 8.04. The summed E-state index contributed by atoms with van der Waals surface area (Å²) in [5.74, 6) is -0.0515. The molecule has 1 saturated heterocycles. The van der Waals surface area contributed by atoms with Gasteiger partial charge in [-0.25, -0.2) is 4.98 Å². The SMILES string of the molecule is C[C@H]1CCCC[NH+]1CCCNC(=O)c1csc(-c2ccsc2)n1. The zero-order valence-corrected chi connectivity index (χ0v) is 15.1. The number of nitrogens with zero attached hydrogens (tertiary/aromatic N) is 1. The highest BCUT2D eigenvalue weighted by Crippen LogP contribution is 2.25. The molecule has 3 heterocycles. The van der Waals surface area contributed by atoms with Crippen LogP contribution in [-0.4, -0.2) is 36.6 Å². The number of thiophene rings is 1. The maximum absolute atomic E-state index is 12.2. The summed E-state index contributed by atoms with van der Waals surface area (Å²) in [5.41, 5.74) is 1.64. The summed E-state index contributed by atoms with van der Waals surface area (Å²) in [4.78, 5) is 18.3. The first kappa shape index (κ1) is 16.6. The van der Waals surface area contributed by atoms with Crippen molar-refractivity contribution >= 4 is 28.6 Å². The van der Waals surface area contributed by atoms with Crippen LogP contribution in [0.3, 0.4) is 0 Å². The van der Waals surface area contributed by atoms with Crippen LogP contribution in [0.4, 0.5) is 0 Å². The van der Waals surface area contributed by atoms with Crippen LogP contribution in [-0.2, 0) is 0 Å². The Morgan fingerprint density at radius 2 is 2.35 bits per heavy atom. The number of likely N-dealkylation sites (tertiary alicyclic amines) is 1. The summed E-state index contributed by atoms with van der Waals surface area (Å²) in [6.07, 6.45) is 5.09. The molecule has 1 fully saturated rings. The van der Waals surface area contributed by atoms with Gasteiger partial charge in [0.25, 0.3) is 5.91 Å². The molecule has 1 unspecified atom stereocenters. The number of hydrogen-bond donors (Lipinski definition) is 2. The van der Waals surface area contributed by atoms with Gasteiger partial charge in [-0.3, -0.25) is 4.79 Å². The van der Waals surface area contributed by atoms with Gasteiger partial charge >= 0.3 is 0 Å². The minimum atomic E-state index is -0.0515. The summed E-state index contributed by atoms with van der Waals surface area (Å²) < 4.78 is 0. The molecule has 1 aliphatic rings. The van der Waals surface area contributed by atoms with E-state index in [4.69, 9.17) is 0 Å². The molecular weight excluding hydrogens is 326 g/mol. The fraction of sp³-hybridized carbons (Fsp3) is 0.529. The van der Waals surface area contributed by atoms with E-state index in [0.717, 1.165) is 36.1 Å². The minimum Gasteiger partial charge on any atom is -0.350 e. The van der Waals surface area contributed by atoms with Crippen LogP contribution in [0.1, 0.15) is 43.1 Å². The highest BCUT2D eigenvalue weighted by Gasteiger charge is 2.21. The quantitative estimate of drug-likeness (QED) is 0.786. The highest BCUT2D eigenvalue weighted by molar-refractivity contribution is 7.14. The summed E-state index contributed by atoms with van der Waals surface area (Å²) in [6.45, 7) is 5.51. The Bertz CT molecular complexity index is 624. The van der Waals surface area contributed by atoms with E-state index in [-0.39, 0.29) is 5.91 Å². The first-order valence-electron chi connectivity index (χ1n) is 8.35. The maximum atomic E-state index is 12.2. The van der Waals surface area contributed by atoms with Crippen LogP contribution >= 0.6 is 22.7 Å². The van der Waals surface area contributed by atoms with Gasteiger partial charge in [0.2, 0.25) is 0 Å². The van der Waals surface area contributed by atoms with Gasteiger partial charge < -0.3 is 10.2 Å². The zero-order valence-electron chi connectivity index (χ0n) is 13.5. The lowest BCUT2D eigenvalue weighted by Crippen LogP contribution is -3.16. The first-order valence-corrected chi connectivity index (χ1v) is 10.2. The second-order valence-electron chi connectivity index (χ2n) is 6.21. The Kier molecular flexibility index (Phi) is 5.80. The molecule has 0 radical (unpaired) electrons. The summed E-state index contributed by atoms with van der Waals surface area (Å²) >= 11 is 3.17. The molecule has 6 heteroatoms. The van der Waals surface area contributed by atoms with E-state index in [2.05, 4.69) is 22.6 Å². The van der Waals surface area contributed by atoms with Gasteiger partial charge in [0.05, 0.1) is 19.1 Å². The Morgan fingerprint density at radius 3 is 3.13 bits per heavy atom. The van der Waals surface area contributed by atoms with Crippen LogP contribution in [0.25, 0.3) is 10.6 Å². The lowest BCUT2D eigenvalue weighted by Gasteiger charge is -2.30. The lowest BCUT2D eigenvalue weighted by atomic mass is 10.0. The molecule has 2 atom stereocenters. The Balaban J connectivity index is 1.43. The molecule has 4 nitrogen and oxygen atoms in total. The lowest BCUT2D eigenvalue weighted by molar-refractivity contribution is -0.928. The van der Waals surface area contributed by atoms with Crippen molar-refractivity contribution in [3.8, 4) is 10.6 Å². The van der Waals surface area contributed by atoms with Crippen molar-refractivity contribution in [2.75, 3.05) is 19.6 Å². The minimum absolute atomic E-state index is 0.0515. The molecule has 0 bridgehead atoms. The Hall–Kier alpha value is -1.24. The fourth-order valence-electron chi connectivity index (χ4n) is 3.13. The molecular formula is C17H24N3OS2+. The topological polar surface area (TPSA) is 46.4 Å². The molecule has 0 aliphatic carbocycles.